The molecular weight excluding hydrogens is 424 g/mol. The lowest BCUT2D eigenvalue weighted by Gasteiger charge is -2.18. The van der Waals surface area contributed by atoms with E-state index in [1.165, 1.54) is 16.9 Å². The second kappa shape index (κ2) is 8.97. The van der Waals surface area contributed by atoms with Crippen LogP contribution in [0.2, 0.25) is 5.02 Å². The molecule has 1 N–H and O–H groups in total. The number of aliphatic imine (C=N–C) groups is 1. The first-order valence-electron chi connectivity index (χ1n) is 10.7. The van der Waals surface area contributed by atoms with Gasteiger partial charge in [-0.15, -0.1) is 11.3 Å². The second-order valence-electron chi connectivity index (χ2n) is 8.98. The Morgan fingerprint density at radius 2 is 1.71 bits per heavy atom. The maximum atomic E-state index is 13.2. The Hall–Kier alpha value is -2.43. The number of carbonyl (C=O) groups is 1. The fourth-order valence-electron chi connectivity index (χ4n) is 3.81. The fourth-order valence-corrected chi connectivity index (χ4v) is 5.16. The largest absolute Gasteiger partial charge is 0.322 e. The van der Waals surface area contributed by atoms with E-state index in [2.05, 4.69) is 50.4 Å². The van der Waals surface area contributed by atoms with Crippen LogP contribution in [0, 0.1) is 0 Å². The number of hydrogen-bond donors (Lipinski definition) is 1. The van der Waals surface area contributed by atoms with Gasteiger partial charge in [0.1, 0.15) is 5.00 Å². The Morgan fingerprint density at radius 3 is 2.39 bits per heavy atom. The molecule has 0 fully saturated rings. The van der Waals surface area contributed by atoms with Gasteiger partial charge >= 0.3 is 0 Å². The van der Waals surface area contributed by atoms with E-state index < -0.39 is 0 Å². The Labute approximate surface area is 193 Å². The number of rotatable bonds is 4. The molecule has 160 valence electrons. The molecule has 0 aliphatic heterocycles. The minimum atomic E-state index is -0.100. The van der Waals surface area contributed by atoms with Crippen molar-refractivity contribution in [1.82, 2.24) is 0 Å². The van der Waals surface area contributed by atoms with Crippen molar-refractivity contribution >= 4 is 45.7 Å². The highest BCUT2D eigenvalue weighted by molar-refractivity contribution is 7.16. The van der Waals surface area contributed by atoms with Crippen LogP contribution in [0.5, 0.6) is 0 Å². The minimum absolute atomic E-state index is 0.100. The van der Waals surface area contributed by atoms with Gasteiger partial charge in [0.15, 0.2) is 0 Å². The van der Waals surface area contributed by atoms with Gasteiger partial charge in [0, 0.05) is 21.8 Å². The molecule has 2 aromatic carbocycles. The molecule has 0 saturated carbocycles. The lowest BCUT2D eigenvalue weighted by atomic mass is 9.87. The van der Waals surface area contributed by atoms with Gasteiger partial charge in [-0.2, -0.15) is 0 Å². The number of nitrogens with zero attached hydrogens (tertiary/aromatic N) is 1. The predicted molar refractivity (Wildman–Crippen MR) is 133 cm³/mol. The number of nitrogens with one attached hydrogen (secondary N) is 1. The van der Waals surface area contributed by atoms with Gasteiger partial charge in [0.05, 0.1) is 5.56 Å². The molecule has 1 amide bonds. The van der Waals surface area contributed by atoms with Crippen LogP contribution in [0.3, 0.4) is 0 Å². The normalized spacial score (nSPS) is 13.9. The first-order chi connectivity index (χ1) is 14.8. The standard InChI is InChI=1S/C26H27ClN2OS/c1-26(2,3)18-10-8-17(9-11-18)16-28-25-23(21-6-4-5-7-22(21)31-25)24(30)29-20-14-12-19(27)13-15-20/h8-16H,4-7H2,1-3H3,(H,29,30). The number of carbonyl (C=O) groups excluding carboxylic acids is 1. The highest BCUT2D eigenvalue weighted by Crippen LogP contribution is 2.40. The molecule has 0 radical (unpaired) electrons. The Balaban J connectivity index is 1.63. The van der Waals surface area contributed by atoms with Crippen molar-refractivity contribution in [1.29, 1.82) is 0 Å². The van der Waals surface area contributed by atoms with Crippen molar-refractivity contribution in [3.8, 4) is 0 Å². The molecular formula is C26H27ClN2OS. The zero-order valence-electron chi connectivity index (χ0n) is 18.2. The highest BCUT2D eigenvalue weighted by Gasteiger charge is 2.25. The molecule has 3 nitrogen and oxygen atoms in total. The number of anilines is 1. The SMILES string of the molecule is CC(C)(C)c1ccc(C=Nc2sc3c(c2C(=O)Nc2ccc(Cl)cc2)CCCC3)cc1. The number of benzene rings is 2. The van der Waals surface area contributed by atoms with Crippen molar-refractivity contribution in [3.05, 3.63) is 80.7 Å². The number of thiophene rings is 1. The van der Waals surface area contributed by atoms with E-state index in [9.17, 15) is 4.79 Å². The average molecular weight is 451 g/mol. The summed E-state index contributed by atoms with van der Waals surface area (Å²) >= 11 is 7.62. The molecule has 0 bridgehead atoms. The summed E-state index contributed by atoms with van der Waals surface area (Å²) in [6, 6.07) is 15.7. The molecule has 5 heteroatoms. The van der Waals surface area contributed by atoms with Crippen LogP contribution >= 0.6 is 22.9 Å². The summed E-state index contributed by atoms with van der Waals surface area (Å²) in [5.41, 5.74) is 5.06. The molecule has 1 aromatic heterocycles. The third kappa shape index (κ3) is 5.08. The van der Waals surface area contributed by atoms with Crippen LogP contribution in [-0.2, 0) is 18.3 Å². The van der Waals surface area contributed by atoms with Crippen molar-refractivity contribution < 1.29 is 4.79 Å². The van der Waals surface area contributed by atoms with E-state index in [1.807, 2.05) is 18.3 Å². The molecule has 1 heterocycles. The number of hydrogen-bond acceptors (Lipinski definition) is 3. The minimum Gasteiger partial charge on any atom is -0.322 e. The van der Waals surface area contributed by atoms with E-state index in [-0.39, 0.29) is 11.3 Å². The molecule has 3 aromatic rings. The zero-order valence-corrected chi connectivity index (χ0v) is 19.7. The van der Waals surface area contributed by atoms with Gasteiger partial charge in [-0.1, -0.05) is 56.6 Å². The summed E-state index contributed by atoms with van der Waals surface area (Å²) in [6.45, 7) is 6.62. The van der Waals surface area contributed by atoms with E-state index in [4.69, 9.17) is 16.6 Å². The number of amides is 1. The quantitative estimate of drug-likeness (QED) is 0.409. The van der Waals surface area contributed by atoms with Gasteiger partial charge in [-0.25, -0.2) is 4.99 Å². The summed E-state index contributed by atoms with van der Waals surface area (Å²) in [5.74, 6) is -0.100. The van der Waals surface area contributed by atoms with Gasteiger partial charge in [0.25, 0.3) is 5.91 Å². The predicted octanol–water partition coefficient (Wildman–Crippen LogP) is 7.58. The first-order valence-corrected chi connectivity index (χ1v) is 11.9. The molecule has 1 aliphatic carbocycles. The summed E-state index contributed by atoms with van der Waals surface area (Å²) in [4.78, 5) is 19.3. The maximum absolute atomic E-state index is 13.2. The number of halogens is 1. The zero-order chi connectivity index (χ0) is 22.0. The van der Waals surface area contributed by atoms with E-state index in [0.29, 0.717) is 5.02 Å². The monoisotopic (exact) mass is 450 g/mol. The smallest absolute Gasteiger partial charge is 0.259 e. The number of aryl methyl sites for hydroxylation is 1. The van der Waals surface area contributed by atoms with Crippen LogP contribution < -0.4 is 5.32 Å². The van der Waals surface area contributed by atoms with E-state index >= 15 is 0 Å². The lowest BCUT2D eigenvalue weighted by Crippen LogP contribution is -2.14. The molecule has 0 saturated heterocycles. The van der Waals surface area contributed by atoms with Crippen molar-refractivity contribution in [2.24, 2.45) is 4.99 Å². The van der Waals surface area contributed by atoms with Gasteiger partial charge < -0.3 is 5.32 Å². The molecule has 1 aliphatic rings. The average Bonchev–Trinajstić information content (AvgIpc) is 3.12. The third-order valence-corrected chi connectivity index (χ3v) is 7.04. The van der Waals surface area contributed by atoms with Crippen LogP contribution in [0.4, 0.5) is 10.7 Å². The van der Waals surface area contributed by atoms with Crippen LogP contribution in [0.1, 0.15) is 65.5 Å². The molecule has 31 heavy (non-hydrogen) atoms. The second-order valence-corrected chi connectivity index (χ2v) is 10.5. The topological polar surface area (TPSA) is 41.5 Å². The third-order valence-electron chi connectivity index (χ3n) is 5.59. The summed E-state index contributed by atoms with van der Waals surface area (Å²) < 4.78 is 0. The number of fused-ring (bicyclic) bond motifs is 1. The Morgan fingerprint density at radius 1 is 1.03 bits per heavy atom. The summed E-state index contributed by atoms with van der Waals surface area (Å²) in [6.07, 6.45) is 6.11. The molecule has 0 unspecified atom stereocenters. The van der Waals surface area contributed by atoms with Crippen molar-refractivity contribution in [2.75, 3.05) is 5.32 Å². The van der Waals surface area contributed by atoms with Gasteiger partial charge in [0.2, 0.25) is 0 Å². The van der Waals surface area contributed by atoms with Crippen LogP contribution in [0.15, 0.2) is 53.5 Å². The fraction of sp³-hybridized carbons (Fsp3) is 0.308. The maximum Gasteiger partial charge on any atom is 0.259 e. The molecule has 4 rings (SSSR count). The first kappa shape index (κ1) is 21.8. The van der Waals surface area contributed by atoms with Gasteiger partial charge in [-0.05, 0) is 72.1 Å². The van der Waals surface area contributed by atoms with Crippen molar-refractivity contribution in [3.63, 3.8) is 0 Å². The highest BCUT2D eigenvalue weighted by atomic mass is 35.5. The molecule has 0 spiro atoms. The molecule has 0 atom stereocenters. The van der Waals surface area contributed by atoms with Crippen molar-refractivity contribution in [2.45, 2.75) is 51.9 Å². The summed E-state index contributed by atoms with van der Waals surface area (Å²) in [7, 11) is 0. The van der Waals surface area contributed by atoms with E-state index in [0.717, 1.165) is 46.6 Å². The van der Waals surface area contributed by atoms with Crippen LogP contribution in [-0.4, -0.2) is 12.1 Å². The summed E-state index contributed by atoms with van der Waals surface area (Å²) in [5, 5.41) is 4.46. The van der Waals surface area contributed by atoms with E-state index in [1.54, 1.807) is 23.5 Å². The Bertz CT molecular complexity index is 1110. The van der Waals surface area contributed by atoms with Crippen LogP contribution in [0.25, 0.3) is 0 Å². The lowest BCUT2D eigenvalue weighted by molar-refractivity contribution is 0.102. The Kier molecular flexibility index (Phi) is 6.31. The van der Waals surface area contributed by atoms with Gasteiger partial charge in [-0.3, -0.25) is 4.79 Å².